The average molecular weight is 601 g/mol. The Hall–Kier alpha value is -3.96. The summed E-state index contributed by atoms with van der Waals surface area (Å²) in [6, 6.07) is 4.02. The van der Waals surface area contributed by atoms with E-state index >= 15 is 0 Å². The largest absolute Gasteiger partial charge is 0.345 e. The Bertz CT molecular complexity index is 1140. The van der Waals surface area contributed by atoms with Gasteiger partial charge < -0.3 is 31.9 Å². The fourth-order valence-corrected chi connectivity index (χ4v) is 4.70. The number of carbonyl (C=O) groups excluding carboxylic acids is 6. The predicted octanol–water partition coefficient (Wildman–Crippen LogP) is 0.551. The lowest BCUT2D eigenvalue weighted by Gasteiger charge is -2.30. The Labute approximate surface area is 254 Å². The van der Waals surface area contributed by atoms with Crippen LogP contribution in [0.25, 0.3) is 0 Å². The van der Waals surface area contributed by atoms with Crippen molar-refractivity contribution in [3.05, 3.63) is 35.9 Å². The molecule has 6 N–H and O–H groups in total. The molecule has 0 aliphatic carbocycles. The molecule has 0 radical (unpaired) electrons. The molecule has 1 aromatic carbocycles. The SMILES string of the molecule is CC[C@H](C)[C@@H]1NC(=O)[C@H](C(C)C)NC(=O)[C@H](CC(C)C)NC(=O)CNC(=O)[C@@H](Cc2ccccc2)NC(=O)[C@@H](C)NC1=O. The number of amides is 6. The summed E-state index contributed by atoms with van der Waals surface area (Å²) < 4.78 is 0. The molecular weight excluding hydrogens is 552 g/mol. The summed E-state index contributed by atoms with van der Waals surface area (Å²) in [5, 5.41) is 16.1. The van der Waals surface area contributed by atoms with Crippen LogP contribution in [0, 0.1) is 17.8 Å². The summed E-state index contributed by atoms with van der Waals surface area (Å²) in [7, 11) is 0. The summed E-state index contributed by atoms with van der Waals surface area (Å²) in [6.45, 7) is 12.0. The van der Waals surface area contributed by atoms with Gasteiger partial charge in [-0.15, -0.1) is 0 Å². The maximum atomic E-state index is 13.4. The van der Waals surface area contributed by atoms with E-state index in [1.165, 1.54) is 6.92 Å². The Morgan fingerprint density at radius 1 is 0.698 bits per heavy atom. The Morgan fingerprint density at radius 3 is 1.88 bits per heavy atom. The van der Waals surface area contributed by atoms with E-state index in [9.17, 15) is 28.8 Å². The molecule has 6 amide bonds. The van der Waals surface area contributed by atoms with Gasteiger partial charge in [-0.05, 0) is 36.7 Å². The van der Waals surface area contributed by atoms with Crippen molar-refractivity contribution in [2.75, 3.05) is 6.54 Å². The van der Waals surface area contributed by atoms with Crippen molar-refractivity contribution < 1.29 is 28.8 Å². The van der Waals surface area contributed by atoms with Crippen molar-refractivity contribution in [2.45, 2.75) is 97.9 Å². The predicted molar refractivity (Wildman–Crippen MR) is 162 cm³/mol. The molecule has 238 valence electrons. The van der Waals surface area contributed by atoms with Crippen LogP contribution in [-0.4, -0.2) is 72.2 Å². The third-order valence-electron chi connectivity index (χ3n) is 7.49. The highest BCUT2D eigenvalue weighted by molar-refractivity contribution is 5.97. The van der Waals surface area contributed by atoms with Gasteiger partial charge in [0.25, 0.3) is 0 Å². The highest BCUT2D eigenvalue weighted by atomic mass is 16.2. The molecule has 0 spiro atoms. The number of carbonyl (C=O) groups is 6. The van der Waals surface area contributed by atoms with Crippen LogP contribution in [0.5, 0.6) is 0 Å². The normalized spacial score (nSPS) is 25.8. The third kappa shape index (κ3) is 11.0. The molecule has 12 nitrogen and oxygen atoms in total. The zero-order valence-corrected chi connectivity index (χ0v) is 26.3. The molecule has 0 aromatic heterocycles. The smallest absolute Gasteiger partial charge is 0.243 e. The number of hydrogen-bond donors (Lipinski definition) is 6. The minimum absolute atomic E-state index is 0.0285. The molecule has 43 heavy (non-hydrogen) atoms. The average Bonchev–Trinajstić information content (AvgIpc) is 2.95. The third-order valence-corrected chi connectivity index (χ3v) is 7.49. The molecule has 6 atom stereocenters. The summed E-state index contributed by atoms with van der Waals surface area (Å²) in [5.41, 5.74) is 0.777. The first-order valence-corrected chi connectivity index (χ1v) is 15.1. The molecule has 0 saturated carbocycles. The first-order valence-electron chi connectivity index (χ1n) is 15.1. The molecule has 0 unspecified atom stereocenters. The second-order valence-corrected chi connectivity index (χ2v) is 12.1. The zero-order chi connectivity index (χ0) is 32.3. The molecule has 12 heteroatoms. The van der Waals surface area contributed by atoms with Crippen molar-refractivity contribution in [1.82, 2.24) is 31.9 Å². The van der Waals surface area contributed by atoms with Crippen molar-refractivity contribution in [3.8, 4) is 0 Å². The van der Waals surface area contributed by atoms with Crippen LogP contribution in [0.2, 0.25) is 0 Å². The van der Waals surface area contributed by atoms with Crippen LogP contribution in [0.4, 0.5) is 0 Å². The Balaban J connectivity index is 2.46. The van der Waals surface area contributed by atoms with Gasteiger partial charge in [0.05, 0.1) is 6.54 Å². The van der Waals surface area contributed by atoms with Gasteiger partial charge in [0.2, 0.25) is 35.4 Å². The summed E-state index contributed by atoms with van der Waals surface area (Å²) in [4.78, 5) is 79.5. The van der Waals surface area contributed by atoms with Crippen molar-refractivity contribution in [2.24, 2.45) is 17.8 Å². The maximum absolute atomic E-state index is 13.4. The van der Waals surface area contributed by atoms with Gasteiger partial charge in [-0.3, -0.25) is 28.8 Å². The van der Waals surface area contributed by atoms with Crippen LogP contribution >= 0.6 is 0 Å². The second kappa shape index (κ2) is 16.6. The van der Waals surface area contributed by atoms with E-state index in [1.54, 1.807) is 32.9 Å². The maximum Gasteiger partial charge on any atom is 0.243 e. The van der Waals surface area contributed by atoms with Gasteiger partial charge in [0.1, 0.15) is 30.2 Å². The van der Waals surface area contributed by atoms with E-state index in [4.69, 9.17) is 0 Å². The van der Waals surface area contributed by atoms with Crippen LogP contribution in [0.15, 0.2) is 30.3 Å². The van der Waals surface area contributed by atoms with Gasteiger partial charge in [0.15, 0.2) is 0 Å². The minimum atomic E-state index is -1.05. The quantitative estimate of drug-likeness (QED) is 0.267. The Kier molecular flexibility index (Phi) is 13.6. The fraction of sp³-hybridized carbons (Fsp3) is 0.613. The fourth-order valence-electron chi connectivity index (χ4n) is 4.70. The number of hydrogen-bond acceptors (Lipinski definition) is 6. The van der Waals surface area contributed by atoms with Crippen LogP contribution in [0.3, 0.4) is 0 Å². The molecular formula is C31H48N6O6. The van der Waals surface area contributed by atoms with E-state index < -0.39 is 72.2 Å². The molecule has 1 heterocycles. The summed E-state index contributed by atoms with van der Waals surface area (Å²) >= 11 is 0. The Morgan fingerprint density at radius 2 is 1.30 bits per heavy atom. The number of nitrogens with one attached hydrogen (secondary N) is 6. The monoisotopic (exact) mass is 600 g/mol. The van der Waals surface area contributed by atoms with E-state index in [-0.39, 0.29) is 24.2 Å². The van der Waals surface area contributed by atoms with E-state index in [1.807, 2.05) is 39.0 Å². The molecule has 1 aliphatic heterocycles. The van der Waals surface area contributed by atoms with E-state index in [2.05, 4.69) is 31.9 Å². The van der Waals surface area contributed by atoms with Gasteiger partial charge in [-0.2, -0.15) is 0 Å². The molecule has 0 bridgehead atoms. The highest BCUT2D eigenvalue weighted by Gasteiger charge is 2.35. The van der Waals surface area contributed by atoms with E-state index in [0.29, 0.717) is 12.8 Å². The van der Waals surface area contributed by atoms with Crippen molar-refractivity contribution >= 4 is 35.4 Å². The lowest BCUT2D eigenvalue weighted by molar-refractivity contribution is -0.137. The summed E-state index contributed by atoms with van der Waals surface area (Å²) in [5.74, 6) is -4.05. The van der Waals surface area contributed by atoms with Gasteiger partial charge in [0, 0.05) is 6.42 Å². The number of benzene rings is 1. The standard InChI is InChI=1S/C31H48N6O6/c1-8-19(6)26-31(43)33-20(7)27(39)35-23(15-21-12-10-9-11-13-21)28(40)32-16-24(38)34-22(14-17(2)3)29(41)36-25(18(4)5)30(42)37-26/h9-13,17-20,22-23,25-26H,8,14-16H2,1-7H3,(H,32,40)(H,33,43)(H,34,38)(H,35,39)(H,36,41)(H,37,42)/t19-,20+,22-,23+,25-,26-/m0/s1. The van der Waals surface area contributed by atoms with Crippen LogP contribution < -0.4 is 31.9 Å². The van der Waals surface area contributed by atoms with Gasteiger partial charge >= 0.3 is 0 Å². The van der Waals surface area contributed by atoms with Crippen molar-refractivity contribution in [1.29, 1.82) is 0 Å². The van der Waals surface area contributed by atoms with Crippen LogP contribution in [-0.2, 0) is 35.2 Å². The first kappa shape index (κ1) is 35.2. The molecule has 1 fully saturated rings. The topological polar surface area (TPSA) is 175 Å². The van der Waals surface area contributed by atoms with E-state index in [0.717, 1.165) is 5.56 Å². The highest BCUT2D eigenvalue weighted by Crippen LogP contribution is 2.12. The molecule has 2 rings (SSSR count). The molecule has 1 aliphatic rings. The first-order chi connectivity index (χ1) is 20.2. The molecule has 1 saturated heterocycles. The van der Waals surface area contributed by atoms with Crippen LogP contribution in [0.1, 0.15) is 66.9 Å². The summed E-state index contributed by atoms with van der Waals surface area (Å²) in [6.07, 6.45) is 0.987. The minimum Gasteiger partial charge on any atom is -0.345 e. The lowest BCUT2D eigenvalue weighted by Crippen LogP contribution is -2.61. The second-order valence-electron chi connectivity index (χ2n) is 12.1. The zero-order valence-electron chi connectivity index (χ0n) is 26.3. The lowest BCUT2D eigenvalue weighted by atomic mass is 9.95. The van der Waals surface area contributed by atoms with Crippen molar-refractivity contribution in [3.63, 3.8) is 0 Å². The molecule has 1 aromatic rings. The number of rotatable bonds is 7. The van der Waals surface area contributed by atoms with Gasteiger partial charge in [-0.1, -0.05) is 78.3 Å². The van der Waals surface area contributed by atoms with Gasteiger partial charge in [-0.25, -0.2) is 0 Å².